The van der Waals surface area contributed by atoms with E-state index >= 15 is 0 Å². The van der Waals surface area contributed by atoms with Crippen LogP contribution in [-0.2, 0) is 4.74 Å². The molecule has 0 saturated heterocycles. The van der Waals surface area contributed by atoms with Crippen molar-refractivity contribution in [3.8, 4) is 16.3 Å². The van der Waals surface area contributed by atoms with Gasteiger partial charge >= 0.3 is 5.97 Å². The van der Waals surface area contributed by atoms with E-state index in [2.05, 4.69) is 4.98 Å². The van der Waals surface area contributed by atoms with Gasteiger partial charge in [-0.25, -0.2) is 9.78 Å². The summed E-state index contributed by atoms with van der Waals surface area (Å²) in [4.78, 5) is 17.6. The molecule has 26 heavy (non-hydrogen) atoms. The van der Waals surface area contributed by atoms with E-state index in [0.717, 1.165) is 11.3 Å². The van der Waals surface area contributed by atoms with E-state index in [1.54, 1.807) is 0 Å². The first-order valence-corrected chi connectivity index (χ1v) is 9.59. The minimum atomic E-state index is -0.772. The maximum Gasteiger partial charge on any atom is 0.358 e. The highest BCUT2D eigenvalue weighted by Gasteiger charge is 2.29. The van der Waals surface area contributed by atoms with Crippen LogP contribution < -0.4 is 4.74 Å². The van der Waals surface area contributed by atoms with E-state index in [4.69, 9.17) is 9.47 Å². The van der Waals surface area contributed by atoms with E-state index < -0.39 is 17.7 Å². The van der Waals surface area contributed by atoms with E-state index in [-0.39, 0.29) is 11.6 Å². The number of carbonyl (C=O) groups excluding carboxylic acids is 1. The van der Waals surface area contributed by atoms with Gasteiger partial charge in [0.25, 0.3) is 0 Å². The van der Waals surface area contributed by atoms with Crippen LogP contribution in [0.1, 0.15) is 63.0 Å². The van der Waals surface area contributed by atoms with Crippen molar-refractivity contribution in [1.29, 1.82) is 0 Å². The van der Waals surface area contributed by atoms with Crippen molar-refractivity contribution >= 4 is 17.3 Å². The third kappa shape index (κ3) is 5.05. The van der Waals surface area contributed by atoms with E-state index in [0.29, 0.717) is 16.5 Å². The number of esters is 1. The fraction of sp³-hybridized carbons (Fsp3) is 0.500. The Kier molecular flexibility index (Phi) is 6.42. The summed E-state index contributed by atoms with van der Waals surface area (Å²) in [5, 5.41) is 11.2. The molecule has 0 aliphatic heterocycles. The van der Waals surface area contributed by atoms with Gasteiger partial charge in [-0.2, -0.15) is 0 Å². The molecule has 0 radical (unpaired) electrons. The quantitative estimate of drug-likeness (QED) is 0.729. The lowest BCUT2D eigenvalue weighted by Gasteiger charge is -2.20. The fourth-order valence-electron chi connectivity index (χ4n) is 2.29. The van der Waals surface area contributed by atoms with Crippen LogP contribution in [0.5, 0.6) is 5.75 Å². The topological polar surface area (TPSA) is 68.7 Å². The Morgan fingerprint density at radius 2 is 1.85 bits per heavy atom. The maximum atomic E-state index is 12.6. The zero-order valence-electron chi connectivity index (χ0n) is 16.2. The lowest BCUT2D eigenvalue weighted by molar-refractivity contribution is 0.00567. The third-order valence-electron chi connectivity index (χ3n) is 3.56. The summed E-state index contributed by atoms with van der Waals surface area (Å²) in [5.74, 6) is 0.230. The smallest absolute Gasteiger partial charge is 0.358 e. The Morgan fingerprint density at radius 3 is 2.35 bits per heavy atom. The number of aliphatic hydroxyl groups is 1. The van der Waals surface area contributed by atoms with Crippen molar-refractivity contribution in [1.82, 2.24) is 4.98 Å². The highest BCUT2D eigenvalue weighted by atomic mass is 32.1. The number of benzene rings is 1. The van der Waals surface area contributed by atoms with Gasteiger partial charge in [-0.05, 0) is 57.9 Å². The predicted molar refractivity (Wildman–Crippen MR) is 104 cm³/mol. The van der Waals surface area contributed by atoms with E-state index in [9.17, 15) is 9.90 Å². The summed E-state index contributed by atoms with van der Waals surface area (Å²) < 4.78 is 10.9. The molecule has 1 aromatic heterocycles. The van der Waals surface area contributed by atoms with Gasteiger partial charge in [-0.3, -0.25) is 0 Å². The van der Waals surface area contributed by atoms with Crippen molar-refractivity contribution in [3.05, 3.63) is 34.8 Å². The molecule has 0 spiro atoms. The first-order valence-electron chi connectivity index (χ1n) is 8.77. The molecule has 0 aliphatic carbocycles. The van der Waals surface area contributed by atoms with E-state index in [1.807, 2.05) is 65.8 Å². The van der Waals surface area contributed by atoms with Gasteiger partial charge in [-0.15, -0.1) is 11.3 Å². The SMILES string of the molecule is CCOc1ccc(-c2nc(C(=O)OC(C)(C)C)c(C(O)C(C)C)s2)cc1. The minimum absolute atomic E-state index is 0.0372. The minimum Gasteiger partial charge on any atom is -0.494 e. The molecule has 142 valence electrons. The van der Waals surface area contributed by atoms with Crippen LogP contribution >= 0.6 is 11.3 Å². The second kappa shape index (κ2) is 8.18. The molecule has 5 nitrogen and oxygen atoms in total. The number of hydrogen-bond acceptors (Lipinski definition) is 6. The second-order valence-corrected chi connectivity index (χ2v) is 8.41. The van der Waals surface area contributed by atoms with E-state index in [1.165, 1.54) is 11.3 Å². The summed E-state index contributed by atoms with van der Waals surface area (Å²) in [6.07, 6.45) is -0.772. The van der Waals surface area contributed by atoms with Gasteiger partial charge in [0.1, 0.15) is 16.4 Å². The van der Waals surface area contributed by atoms with Gasteiger partial charge in [0.2, 0.25) is 0 Å². The first kappa shape index (κ1) is 20.4. The Morgan fingerprint density at radius 1 is 1.23 bits per heavy atom. The molecule has 6 heteroatoms. The summed E-state index contributed by atoms with van der Waals surface area (Å²) in [6.45, 7) is 11.8. The standard InChI is InChI=1S/C20H27NO4S/c1-7-24-14-10-8-13(9-11-14)18-21-15(19(23)25-20(4,5)6)17(26-18)16(22)12(2)3/h8-12,16,22H,7H2,1-6H3. The molecule has 1 aromatic carbocycles. The molecule has 0 aliphatic rings. The Bertz CT molecular complexity index is 744. The highest BCUT2D eigenvalue weighted by Crippen LogP contribution is 2.36. The largest absolute Gasteiger partial charge is 0.494 e. The van der Waals surface area contributed by atoms with Crippen molar-refractivity contribution in [2.45, 2.75) is 53.2 Å². The van der Waals surface area contributed by atoms with Crippen LogP contribution in [0.15, 0.2) is 24.3 Å². The van der Waals surface area contributed by atoms with Crippen molar-refractivity contribution in [2.75, 3.05) is 6.61 Å². The average molecular weight is 378 g/mol. The normalized spacial score (nSPS) is 12.9. The van der Waals surface area contributed by atoms with Gasteiger partial charge in [-0.1, -0.05) is 13.8 Å². The average Bonchev–Trinajstić information content (AvgIpc) is 2.98. The highest BCUT2D eigenvalue weighted by molar-refractivity contribution is 7.15. The van der Waals surface area contributed by atoms with Crippen molar-refractivity contribution < 1.29 is 19.4 Å². The molecule has 0 amide bonds. The molecular formula is C20H27NO4S. The summed E-state index contributed by atoms with van der Waals surface area (Å²) in [5.41, 5.74) is 0.431. The number of aliphatic hydroxyl groups excluding tert-OH is 1. The van der Waals surface area contributed by atoms with Crippen LogP contribution in [-0.4, -0.2) is 28.3 Å². The van der Waals surface area contributed by atoms with Gasteiger partial charge in [0, 0.05) is 5.56 Å². The molecule has 1 atom stereocenters. The number of ether oxygens (including phenoxy) is 2. The number of thiazole rings is 1. The number of nitrogens with zero attached hydrogens (tertiary/aromatic N) is 1. The number of rotatable bonds is 6. The summed E-state index contributed by atoms with van der Waals surface area (Å²) in [7, 11) is 0. The zero-order valence-corrected chi connectivity index (χ0v) is 17.0. The molecule has 0 fully saturated rings. The Balaban J connectivity index is 2.42. The van der Waals surface area contributed by atoms with Crippen molar-refractivity contribution in [2.24, 2.45) is 5.92 Å². The lowest BCUT2D eigenvalue weighted by Crippen LogP contribution is -2.25. The monoisotopic (exact) mass is 377 g/mol. The maximum absolute atomic E-state index is 12.6. The number of aromatic nitrogens is 1. The van der Waals surface area contributed by atoms with Gasteiger partial charge in [0.15, 0.2) is 5.69 Å². The molecule has 0 bridgehead atoms. The lowest BCUT2D eigenvalue weighted by atomic mass is 10.0. The Labute approximate surface area is 159 Å². The molecule has 1 N–H and O–H groups in total. The molecule has 2 rings (SSSR count). The van der Waals surface area contributed by atoms with Crippen LogP contribution in [0.4, 0.5) is 0 Å². The number of hydrogen-bond donors (Lipinski definition) is 1. The predicted octanol–water partition coefficient (Wildman–Crippen LogP) is 4.85. The van der Waals surface area contributed by atoms with Gasteiger partial charge in [0.05, 0.1) is 17.6 Å². The van der Waals surface area contributed by atoms with Crippen molar-refractivity contribution in [3.63, 3.8) is 0 Å². The summed E-state index contributed by atoms with van der Waals surface area (Å²) >= 11 is 1.32. The third-order valence-corrected chi connectivity index (χ3v) is 4.73. The molecule has 1 heterocycles. The van der Waals surface area contributed by atoms with Crippen LogP contribution in [0.2, 0.25) is 0 Å². The molecular weight excluding hydrogens is 350 g/mol. The van der Waals surface area contributed by atoms with Crippen LogP contribution in [0, 0.1) is 5.92 Å². The zero-order chi connectivity index (χ0) is 19.5. The first-order chi connectivity index (χ1) is 12.1. The van der Waals surface area contributed by atoms with Crippen LogP contribution in [0.3, 0.4) is 0 Å². The summed E-state index contributed by atoms with van der Waals surface area (Å²) in [6, 6.07) is 7.53. The molecule has 2 aromatic rings. The molecule has 0 saturated carbocycles. The molecule has 1 unspecified atom stereocenters. The fourth-order valence-corrected chi connectivity index (χ4v) is 3.51. The Hall–Kier alpha value is -1.92. The second-order valence-electron chi connectivity index (χ2n) is 7.38. The van der Waals surface area contributed by atoms with Gasteiger partial charge < -0.3 is 14.6 Å². The van der Waals surface area contributed by atoms with Crippen LogP contribution in [0.25, 0.3) is 10.6 Å². The number of carbonyl (C=O) groups is 1.